The number of benzene rings is 2. The molecule has 0 aliphatic heterocycles. The fourth-order valence-electron chi connectivity index (χ4n) is 2.42. The van der Waals surface area contributed by atoms with Gasteiger partial charge in [0.25, 0.3) is 5.91 Å². The van der Waals surface area contributed by atoms with Crippen LogP contribution in [-0.2, 0) is 16.4 Å². The Labute approximate surface area is 149 Å². The third kappa shape index (κ3) is 5.41. The van der Waals surface area contributed by atoms with E-state index in [2.05, 4.69) is 17.0 Å². The molecule has 0 saturated carbocycles. The van der Waals surface area contributed by atoms with Gasteiger partial charge < -0.3 is 5.32 Å². The molecule has 0 spiro atoms. The van der Waals surface area contributed by atoms with Crippen LogP contribution in [0.1, 0.15) is 42.6 Å². The standard InChI is InChI=1S/C19H24N2O3S/c1-3-5-7-15-10-12-17(13-11-15)21-19(22)16-8-6-9-18(14-16)25(23,24)20-4-2/h6,8-14,20H,3-5,7H2,1-2H3,(H,21,22). The number of aryl methyl sites for hydroxylation is 1. The smallest absolute Gasteiger partial charge is 0.255 e. The van der Waals surface area contributed by atoms with E-state index in [1.54, 1.807) is 19.1 Å². The molecule has 2 N–H and O–H groups in total. The molecule has 6 heteroatoms. The summed E-state index contributed by atoms with van der Waals surface area (Å²) >= 11 is 0. The molecular formula is C19H24N2O3S. The Bertz CT molecular complexity index is 815. The van der Waals surface area contributed by atoms with Gasteiger partial charge in [0.2, 0.25) is 10.0 Å². The molecule has 2 aromatic carbocycles. The van der Waals surface area contributed by atoms with Crippen LogP contribution in [0.2, 0.25) is 0 Å². The number of anilines is 1. The third-order valence-corrected chi connectivity index (χ3v) is 5.31. The summed E-state index contributed by atoms with van der Waals surface area (Å²) in [6, 6.07) is 13.7. The topological polar surface area (TPSA) is 75.3 Å². The van der Waals surface area contributed by atoms with Crippen LogP contribution in [0.5, 0.6) is 0 Å². The normalized spacial score (nSPS) is 11.3. The molecule has 0 aliphatic rings. The lowest BCUT2D eigenvalue weighted by Crippen LogP contribution is -2.23. The van der Waals surface area contributed by atoms with E-state index < -0.39 is 10.0 Å². The van der Waals surface area contributed by atoms with Gasteiger partial charge >= 0.3 is 0 Å². The van der Waals surface area contributed by atoms with Gasteiger partial charge in [-0.3, -0.25) is 4.79 Å². The Morgan fingerprint density at radius 3 is 2.40 bits per heavy atom. The summed E-state index contributed by atoms with van der Waals surface area (Å²) in [4.78, 5) is 12.5. The molecule has 0 heterocycles. The second kappa shape index (κ2) is 8.78. The number of nitrogens with one attached hydrogen (secondary N) is 2. The van der Waals surface area contributed by atoms with Crippen molar-refractivity contribution in [3.8, 4) is 0 Å². The molecule has 5 nitrogen and oxygen atoms in total. The van der Waals surface area contributed by atoms with E-state index in [0.29, 0.717) is 17.8 Å². The zero-order chi connectivity index (χ0) is 18.3. The van der Waals surface area contributed by atoms with Gasteiger partial charge in [-0.15, -0.1) is 0 Å². The van der Waals surface area contributed by atoms with Crippen molar-refractivity contribution in [1.82, 2.24) is 4.72 Å². The minimum Gasteiger partial charge on any atom is -0.322 e. The molecule has 0 aliphatic carbocycles. The highest BCUT2D eigenvalue weighted by Crippen LogP contribution is 2.15. The molecule has 0 fully saturated rings. The zero-order valence-electron chi connectivity index (χ0n) is 14.6. The highest BCUT2D eigenvalue weighted by molar-refractivity contribution is 7.89. The van der Waals surface area contributed by atoms with E-state index in [-0.39, 0.29) is 10.8 Å². The SMILES string of the molecule is CCCCc1ccc(NC(=O)c2cccc(S(=O)(=O)NCC)c2)cc1. The van der Waals surface area contributed by atoms with Crippen LogP contribution in [0.4, 0.5) is 5.69 Å². The summed E-state index contributed by atoms with van der Waals surface area (Å²) in [6.45, 7) is 4.15. The van der Waals surface area contributed by atoms with Crippen LogP contribution in [-0.4, -0.2) is 20.9 Å². The second-order valence-corrected chi connectivity index (χ2v) is 7.55. The molecule has 0 aromatic heterocycles. The molecule has 1 amide bonds. The van der Waals surface area contributed by atoms with Crippen LogP contribution in [0.3, 0.4) is 0 Å². The van der Waals surface area contributed by atoms with Crippen LogP contribution >= 0.6 is 0 Å². The van der Waals surface area contributed by atoms with Crippen molar-refractivity contribution in [1.29, 1.82) is 0 Å². The monoisotopic (exact) mass is 360 g/mol. The van der Waals surface area contributed by atoms with Crippen LogP contribution in [0.25, 0.3) is 0 Å². The largest absolute Gasteiger partial charge is 0.322 e. The van der Waals surface area contributed by atoms with Gasteiger partial charge in [-0.2, -0.15) is 0 Å². The van der Waals surface area contributed by atoms with Crippen molar-refractivity contribution in [2.75, 3.05) is 11.9 Å². The van der Waals surface area contributed by atoms with Gasteiger partial charge in [-0.05, 0) is 48.7 Å². The maximum absolute atomic E-state index is 12.4. The first kappa shape index (κ1) is 19.1. The average molecular weight is 360 g/mol. The van der Waals surface area contributed by atoms with Gasteiger partial charge in [0.05, 0.1) is 4.90 Å². The molecule has 0 saturated heterocycles. The molecule has 0 radical (unpaired) electrons. The van der Waals surface area contributed by atoms with Crippen LogP contribution in [0, 0.1) is 0 Å². The Balaban J connectivity index is 2.11. The quantitative estimate of drug-likeness (QED) is 0.755. The molecular weight excluding hydrogens is 336 g/mol. The fraction of sp³-hybridized carbons (Fsp3) is 0.316. The number of hydrogen-bond donors (Lipinski definition) is 2. The number of unbranched alkanes of at least 4 members (excludes halogenated alkanes) is 1. The molecule has 2 aromatic rings. The predicted octanol–water partition coefficient (Wildman–Crippen LogP) is 3.58. The van der Waals surface area contributed by atoms with Gasteiger partial charge in [-0.1, -0.05) is 38.5 Å². The maximum Gasteiger partial charge on any atom is 0.255 e. The van der Waals surface area contributed by atoms with E-state index >= 15 is 0 Å². The van der Waals surface area contributed by atoms with Crippen LogP contribution in [0.15, 0.2) is 53.4 Å². The van der Waals surface area contributed by atoms with Crippen LogP contribution < -0.4 is 10.0 Å². The van der Waals surface area contributed by atoms with E-state index in [9.17, 15) is 13.2 Å². The van der Waals surface area contributed by atoms with Gasteiger partial charge in [0, 0.05) is 17.8 Å². The first-order valence-electron chi connectivity index (χ1n) is 8.46. The zero-order valence-corrected chi connectivity index (χ0v) is 15.4. The number of carbonyl (C=O) groups excluding carboxylic acids is 1. The number of hydrogen-bond acceptors (Lipinski definition) is 3. The minimum atomic E-state index is -3.58. The van der Waals surface area contributed by atoms with Crippen molar-refractivity contribution < 1.29 is 13.2 Å². The van der Waals surface area contributed by atoms with E-state index in [1.165, 1.54) is 17.7 Å². The Kier molecular flexibility index (Phi) is 6.73. The number of amides is 1. The first-order valence-corrected chi connectivity index (χ1v) is 9.94. The van der Waals surface area contributed by atoms with Crippen molar-refractivity contribution in [2.45, 2.75) is 38.0 Å². The lowest BCUT2D eigenvalue weighted by molar-refractivity contribution is 0.102. The summed E-state index contributed by atoms with van der Waals surface area (Å²) in [5, 5.41) is 2.80. The van der Waals surface area contributed by atoms with Crippen molar-refractivity contribution in [3.63, 3.8) is 0 Å². The lowest BCUT2D eigenvalue weighted by Gasteiger charge is -2.09. The highest BCUT2D eigenvalue weighted by atomic mass is 32.2. The fourth-order valence-corrected chi connectivity index (χ4v) is 3.50. The molecule has 0 atom stereocenters. The number of carbonyl (C=O) groups is 1. The second-order valence-electron chi connectivity index (χ2n) is 5.78. The summed E-state index contributed by atoms with van der Waals surface area (Å²) in [6.07, 6.45) is 3.30. The first-order chi connectivity index (χ1) is 12.0. The van der Waals surface area contributed by atoms with Crippen molar-refractivity contribution >= 4 is 21.6 Å². The van der Waals surface area contributed by atoms with E-state index in [4.69, 9.17) is 0 Å². The van der Waals surface area contributed by atoms with Gasteiger partial charge in [0.15, 0.2) is 0 Å². The molecule has 134 valence electrons. The molecule has 0 unspecified atom stereocenters. The maximum atomic E-state index is 12.4. The Morgan fingerprint density at radius 2 is 1.76 bits per heavy atom. The molecule has 2 rings (SSSR count). The number of sulfonamides is 1. The highest BCUT2D eigenvalue weighted by Gasteiger charge is 2.15. The van der Waals surface area contributed by atoms with Gasteiger partial charge in [0.1, 0.15) is 0 Å². The summed E-state index contributed by atoms with van der Waals surface area (Å²) in [5.74, 6) is -0.338. The van der Waals surface area contributed by atoms with E-state index in [0.717, 1.165) is 19.3 Å². The molecule has 25 heavy (non-hydrogen) atoms. The lowest BCUT2D eigenvalue weighted by atomic mass is 10.1. The predicted molar refractivity (Wildman–Crippen MR) is 100 cm³/mol. The Hall–Kier alpha value is -2.18. The third-order valence-electron chi connectivity index (χ3n) is 3.77. The molecule has 0 bridgehead atoms. The van der Waals surface area contributed by atoms with E-state index in [1.807, 2.05) is 24.3 Å². The van der Waals surface area contributed by atoms with Crippen molar-refractivity contribution in [2.24, 2.45) is 0 Å². The van der Waals surface area contributed by atoms with Gasteiger partial charge in [-0.25, -0.2) is 13.1 Å². The summed E-state index contributed by atoms with van der Waals surface area (Å²) < 4.78 is 26.5. The van der Waals surface area contributed by atoms with Crippen molar-refractivity contribution in [3.05, 3.63) is 59.7 Å². The Morgan fingerprint density at radius 1 is 1.04 bits per heavy atom. The minimum absolute atomic E-state index is 0.0805. The summed E-state index contributed by atoms with van der Waals surface area (Å²) in [7, 11) is -3.58. The summed E-state index contributed by atoms with van der Waals surface area (Å²) in [5.41, 5.74) is 2.22. The average Bonchev–Trinajstić information content (AvgIpc) is 2.61. The number of rotatable bonds is 8.